The fraction of sp³-hybridized carbons (Fsp3) is 0.545. The standard InChI is InChI=1S/C11H15Br2NO2S/c1-3-11(2,4-5-15)14-10(16)8-6-7(12)9(13)17-8/h6,15H,3-5H2,1-2H3,(H,14,16). The zero-order chi connectivity index (χ0) is 13.1. The molecule has 0 spiro atoms. The zero-order valence-corrected chi connectivity index (χ0v) is 13.7. The Morgan fingerprint density at radius 2 is 2.24 bits per heavy atom. The summed E-state index contributed by atoms with van der Waals surface area (Å²) in [5, 5.41) is 12.0. The fourth-order valence-corrected chi connectivity index (χ4v) is 3.30. The van der Waals surface area contributed by atoms with Gasteiger partial charge in [-0.2, -0.15) is 0 Å². The van der Waals surface area contributed by atoms with Crippen LogP contribution in [0.4, 0.5) is 0 Å². The van der Waals surface area contributed by atoms with E-state index in [1.807, 2.05) is 13.8 Å². The molecule has 0 aliphatic heterocycles. The summed E-state index contributed by atoms with van der Waals surface area (Å²) in [4.78, 5) is 12.7. The van der Waals surface area contributed by atoms with Gasteiger partial charge in [0.05, 0.1) is 8.66 Å². The lowest BCUT2D eigenvalue weighted by Crippen LogP contribution is -2.45. The third-order valence-corrected chi connectivity index (χ3v) is 5.98. The van der Waals surface area contributed by atoms with E-state index in [0.717, 1.165) is 14.7 Å². The van der Waals surface area contributed by atoms with Crippen molar-refractivity contribution in [2.75, 3.05) is 6.61 Å². The van der Waals surface area contributed by atoms with Crippen molar-refractivity contribution < 1.29 is 9.90 Å². The first-order valence-electron chi connectivity index (χ1n) is 5.30. The maximum Gasteiger partial charge on any atom is 0.261 e. The van der Waals surface area contributed by atoms with Crippen molar-refractivity contribution in [2.45, 2.75) is 32.2 Å². The number of halogens is 2. The monoisotopic (exact) mass is 383 g/mol. The van der Waals surface area contributed by atoms with Crippen LogP contribution in [-0.4, -0.2) is 23.2 Å². The third-order valence-electron chi connectivity index (χ3n) is 2.73. The highest BCUT2D eigenvalue weighted by Crippen LogP contribution is 2.32. The molecule has 3 nitrogen and oxygen atoms in total. The van der Waals surface area contributed by atoms with Crippen LogP contribution >= 0.6 is 43.2 Å². The molecule has 1 rings (SSSR count). The number of carbonyl (C=O) groups excluding carboxylic acids is 1. The second-order valence-corrected chi connectivity index (χ2v) is 7.30. The summed E-state index contributed by atoms with van der Waals surface area (Å²) in [5.74, 6) is -0.0980. The van der Waals surface area contributed by atoms with Crippen molar-refractivity contribution in [3.63, 3.8) is 0 Å². The van der Waals surface area contributed by atoms with Crippen molar-refractivity contribution in [1.29, 1.82) is 0 Å². The molecular formula is C11H15Br2NO2S. The highest BCUT2D eigenvalue weighted by atomic mass is 79.9. The van der Waals surface area contributed by atoms with Crippen molar-refractivity contribution in [3.05, 3.63) is 19.2 Å². The van der Waals surface area contributed by atoms with E-state index in [1.165, 1.54) is 11.3 Å². The Bertz CT molecular complexity index is 389. The van der Waals surface area contributed by atoms with Gasteiger partial charge in [0.25, 0.3) is 5.91 Å². The van der Waals surface area contributed by atoms with Gasteiger partial charge in [-0.05, 0) is 57.7 Å². The number of hydrogen-bond donors (Lipinski definition) is 2. The number of hydrogen-bond acceptors (Lipinski definition) is 3. The molecule has 6 heteroatoms. The Morgan fingerprint density at radius 3 is 2.65 bits per heavy atom. The van der Waals surface area contributed by atoms with E-state index in [4.69, 9.17) is 5.11 Å². The Morgan fingerprint density at radius 1 is 1.59 bits per heavy atom. The minimum Gasteiger partial charge on any atom is -0.396 e. The minimum atomic E-state index is -0.352. The van der Waals surface area contributed by atoms with Crippen LogP contribution in [0.25, 0.3) is 0 Å². The van der Waals surface area contributed by atoms with E-state index in [-0.39, 0.29) is 18.1 Å². The molecule has 0 saturated carbocycles. The average Bonchev–Trinajstić information content (AvgIpc) is 2.60. The Hall–Kier alpha value is 0.0900. The van der Waals surface area contributed by atoms with Crippen LogP contribution in [0.3, 0.4) is 0 Å². The van der Waals surface area contributed by atoms with Gasteiger partial charge in [-0.25, -0.2) is 0 Å². The van der Waals surface area contributed by atoms with Crippen LogP contribution in [0.2, 0.25) is 0 Å². The fourth-order valence-electron chi connectivity index (χ4n) is 1.37. The molecule has 0 fully saturated rings. The van der Waals surface area contributed by atoms with E-state index in [0.29, 0.717) is 11.3 Å². The molecular weight excluding hydrogens is 370 g/mol. The number of rotatable bonds is 5. The molecule has 1 aromatic heterocycles. The zero-order valence-electron chi connectivity index (χ0n) is 9.72. The highest BCUT2D eigenvalue weighted by Gasteiger charge is 2.25. The van der Waals surface area contributed by atoms with Gasteiger partial charge in [0, 0.05) is 16.6 Å². The number of thiophene rings is 1. The number of aliphatic hydroxyl groups excluding tert-OH is 1. The van der Waals surface area contributed by atoms with Gasteiger partial charge in [0.1, 0.15) is 0 Å². The van der Waals surface area contributed by atoms with Crippen molar-refractivity contribution in [2.24, 2.45) is 0 Å². The molecule has 1 heterocycles. The molecule has 0 saturated heterocycles. The molecule has 1 aromatic rings. The van der Waals surface area contributed by atoms with Crippen LogP contribution < -0.4 is 5.32 Å². The Kier molecular flexibility index (Phi) is 5.63. The molecule has 0 bridgehead atoms. The van der Waals surface area contributed by atoms with Crippen LogP contribution in [0.1, 0.15) is 36.4 Å². The lowest BCUT2D eigenvalue weighted by Gasteiger charge is -2.28. The van der Waals surface area contributed by atoms with E-state index in [2.05, 4.69) is 37.2 Å². The van der Waals surface area contributed by atoms with Gasteiger partial charge in [-0.15, -0.1) is 11.3 Å². The van der Waals surface area contributed by atoms with Crippen LogP contribution in [-0.2, 0) is 0 Å². The van der Waals surface area contributed by atoms with Crippen molar-refractivity contribution in [1.82, 2.24) is 5.32 Å². The maximum atomic E-state index is 12.0. The second kappa shape index (κ2) is 6.31. The van der Waals surface area contributed by atoms with Gasteiger partial charge in [-0.1, -0.05) is 6.92 Å². The summed E-state index contributed by atoms with van der Waals surface area (Å²) in [6, 6.07) is 1.79. The number of nitrogens with one attached hydrogen (secondary N) is 1. The number of amides is 1. The Balaban J connectivity index is 2.77. The molecule has 0 aromatic carbocycles. The van der Waals surface area contributed by atoms with E-state index in [1.54, 1.807) is 6.07 Å². The van der Waals surface area contributed by atoms with Gasteiger partial charge in [0.15, 0.2) is 0 Å². The molecule has 96 valence electrons. The molecule has 17 heavy (non-hydrogen) atoms. The van der Waals surface area contributed by atoms with Gasteiger partial charge in [0.2, 0.25) is 0 Å². The first-order chi connectivity index (χ1) is 7.91. The smallest absolute Gasteiger partial charge is 0.261 e. The molecule has 0 radical (unpaired) electrons. The minimum absolute atomic E-state index is 0.0719. The van der Waals surface area contributed by atoms with E-state index in [9.17, 15) is 4.79 Å². The first kappa shape index (κ1) is 15.1. The van der Waals surface area contributed by atoms with Crippen molar-refractivity contribution >= 4 is 49.1 Å². The SMILES string of the molecule is CCC(C)(CCO)NC(=O)c1cc(Br)c(Br)s1. The van der Waals surface area contributed by atoms with Crippen molar-refractivity contribution in [3.8, 4) is 0 Å². The molecule has 0 aliphatic carbocycles. The summed E-state index contributed by atoms with van der Waals surface area (Å²) >= 11 is 8.11. The predicted molar refractivity (Wildman–Crippen MR) is 77.6 cm³/mol. The number of carbonyl (C=O) groups is 1. The molecule has 1 atom stereocenters. The molecule has 1 amide bonds. The lowest BCUT2D eigenvalue weighted by molar-refractivity contribution is 0.0890. The van der Waals surface area contributed by atoms with Gasteiger partial charge >= 0.3 is 0 Å². The Labute approximate surface area is 122 Å². The lowest BCUT2D eigenvalue weighted by atomic mass is 9.95. The summed E-state index contributed by atoms with van der Waals surface area (Å²) < 4.78 is 1.79. The largest absolute Gasteiger partial charge is 0.396 e. The van der Waals surface area contributed by atoms with E-state index < -0.39 is 0 Å². The van der Waals surface area contributed by atoms with E-state index >= 15 is 0 Å². The predicted octanol–water partition coefficient (Wildman–Crippen LogP) is 3.55. The maximum absolute atomic E-state index is 12.0. The molecule has 1 unspecified atom stereocenters. The highest BCUT2D eigenvalue weighted by molar-refractivity contribution is 9.13. The number of aliphatic hydroxyl groups is 1. The summed E-state index contributed by atoms with van der Waals surface area (Å²) in [5.41, 5.74) is -0.352. The van der Waals surface area contributed by atoms with Crippen LogP contribution in [0.15, 0.2) is 14.3 Å². The normalized spacial score (nSPS) is 14.4. The summed E-state index contributed by atoms with van der Waals surface area (Å²) in [6.07, 6.45) is 1.34. The first-order valence-corrected chi connectivity index (χ1v) is 7.70. The quantitative estimate of drug-likeness (QED) is 0.815. The third kappa shape index (κ3) is 4.05. The van der Waals surface area contributed by atoms with Crippen LogP contribution in [0.5, 0.6) is 0 Å². The topological polar surface area (TPSA) is 49.3 Å². The van der Waals surface area contributed by atoms with Gasteiger partial charge < -0.3 is 10.4 Å². The summed E-state index contributed by atoms with van der Waals surface area (Å²) in [7, 11) is 0. The molecule has 0 aliphatic rings. The van der Waals surface area contributed by atoms with Crippen LogP contribution in [0, 0.1) is 0 Å². The molecule has 2 N–H and O–H groups in total. The second-order valence-electron chi connectivity index (χ2n) is 4.07. The van der Waals surface area contributed by atoms with Gasteiger partial charge in [-0.3, -0.25) is 4.79 Å². The average molecular weight is 385 g/mol. The summed E-state index contributed by atoms with van der Waals surface area (Å²) in [6.45, 7) is 4.01.